The van der Waals surface area contributed by atoms with Gasteiger partial charge in [0.15, 0.2) is 5.82 Å². The highest BCUT2D eigenvalue weighted by molar-refractivity contribution is 5.97. The number of morpholine rings is 1. The van der Waals surface area contributed by atoms with E-state index < -0.39 is 0 Å². The molecule has 1 atom stereocenters. The van der Waals surface area contributed by atoms with E-state index in [9.17, 15) is 4.79 Å². The Hall–Kier alpha value is -2.99. The van der Waals surface area contributed by atoms with E-state index in [0.29, 0.717) is 31.1 Å². The maximum Gasteiger partial charge on any atom is 0.257 e. The highest BCUT2D eigenvalue weighted by atomic mass is 16.5. The fourth-order valence-electron chi connectivity index (χ4n) is 3.01. The summed E-state index contributed by atoms with van der Waals surface area (Å²) in [6, 6.07) is 15.4. The molecule has 6 heteroatoms. The van der Waals surface area contributed by atoms with E-state index in [1.165, 1.54) is 0 Å². The second kappa shape index (κ2) is 6.86. The molecule has 1 aromatic carbocycles. The number of nitrogens with zero attached hydrogens (tertiary/aromatic N) is 4. The minimum atomic E-state index is -0.108. The molecule has 25 heavy (non-hydrogen) atoms. The van der Waals surface area contributed by atoms with Gasteiger partial charge in [-0.15, -0.1) is 0 Å². The lowest BCUT2D eigenvalue weighted by molar-refractivity contribution is -0.0228. The zero-order valence-corrected chi connectivity index (χ0v) is 13.7. The van der Waals surface area contributed by atoms with Gasteiger partial charge in [0.05, 0.1) is 18.7 Å². The summed E-state index contributed by atoms with van der Waals surface area (Å²) >= 11 is 0. The van der Waals surface area contributed by atoms with Crippen LogP contribution in [0, 0.1) is 0 Å². The number of ether oxygens (including phenoxy) is 1. The van der Waals surface area contributed by atoms with Gasteiger partial charge in [0.25, 0.3) is 5.91 Å². The van der Waals surface area contributed by atoms with Crippen molar-refractivity contribution in [3.05, 3.63) is 78.2 Å². The number of rotatable bonds is 3. The second-order valence-corrected chi connectivity index (χ2v) is 5.85. The number of carbonyl (C=O) groups excluding carboxylic acids is 1. The van der Waals surface area contributed by atoms with Crippen molar-refractivity contribution in [3.63, 3.8) is 0 Å². The average molecular weight is 334 g/mol. The summed E-state index contributed by atoms with van der Waals surface area (Å²) in [7, 11) is 0. The van der Waals surface area contributed by atoms with Crippen molar-refractivity contribution in [2.75, 3.05) is 19.7 Å². The monoisotopic (exact) mass is 334 g/mol. The number of hydrogen-bond acceptors (Lipinski definition) is 4. The zero-order valence-electron chi connectivity index (χ0n) is 13.7. The Labute approximate surface area is 145 Å². The molecule has 3 aromatic rings. The molecule has 126 valence electrons. The van der Waals surface area contributed by atoms with Gasteiger partial charge in [-0.2, -0.15) is 5.10 Å². The highest BCUT2D eigenvalue weighted by Crippen LogP contribution is 2.24. The first-order valence-corrected chi connectivity index (χ1v) is 8.24. The van der Waals surface area contributed by atoms with Gasteiger partial charge in [-0.05, 0) is 23.8 Å². The molecule has 3 heterocycles. The Morgan fingerprint density at radius 1 is 1.08 bits per heavy atom. The molecule has 0 bridgehead atoms. The maximum atomic E-state index is 13.1. The highest BCUT2D eigenvalue weighted by Gasteiger charge is 2.27. The van der Waals surface area contributed by atoms with Gasteiger partial charge in [0.1, 0.15) is 6.10 Å². The third kappa shape index (κ3) is 3.16. The Balaban J connectivity index is 1.59. The molecule has 4 rings (SSSR count). The molecule has 0 aliphatic carbocycles. The van der Waals surface area contributed by atoms with Crippen LogP contribution < -0.4 is 0 Å². The molecule has 1 aliphatic heterocycles. The predicted molar refractivity (Wildman–Crippen MR) is 92.4 cm³/mol. The van der Waals surface area contributed by atoms with Crippen molar-refractivity contribution < 1.29 is 9.53 Å². The van der Waals surface area contributed by atoms with E-state index in [1.54, 1.807) is 35.4 Å². The van der Waals surface area contributed by atoms with E-state index >= 15 is 0 Å². The number of carbonyl (C=O) groups is 1. The van der Waals surface area contributed by atoms with Crippen molar-refractivity contribution in [2.45, 2.75) is 6.10 Å². The number of hydrogen-bond donors (Lipinski definition) is 0. The zero-order chi connectivity index (χ0) is 17.1. The van der Waals surface area contributed by atoms with Crippen LogP contribution in [-0.4, -0.2) is 45.3 Å². The van der Waals surface area contributed by atoms with Crippen LogP contribution in [0.15, 0.2) is 67.1 Å². The summed E-state index contributed by atoms with van der Waals surface area (Å²) in [5.74, 6) is 0.489. The quantitative estimate of drug-likeness (QED) is 0.738. The van der Waals surface area contributed by atoms with E-state index in [2.05, 4.69) is 10.1 Å². The van der Waals surface area contributed by atoms with Crippen LogP contribution in [0.1, 0.15) is 22.0 Å². The van der Waals surface area contributed by atoms with Crippen LogP contribution in [0.3, 0.4) is 0 Å². The standard InChI is InChI=1S/C19H18N4O2/c24-19(16-8-4-9-20-18(16)23-11-5-10-21-23)22-12-13-25-17(14-22)15-6-2-1-3-7-15/h1-11,17H,12-14H2. The minimum Gasteiger partial charge on any atom is -0.370 e. The van der Waals surface area contributed by atoms with E-state index in [0.717, 1.165) is 5.56 Å². The molecule has 6 nitrogen and oxygen atoms in total. The minimum absolute atomic E-state index is 0.0529. The lowest BCUT2D eigenvalue weighted by Gasteiger charge is -2.33. The van der Waals surface area contributed by atoms with Gasteiger partial charge in [0.2, 0.25) is 0 Å². The Morgan fingerprint density at radius 3 is 2.76 bits per heavy atom. The number of pyridine rings is 1. The fourth-order valence-corrected chi connectivity index (χ4v) is 3.01. The van der Waals surface area contributed by atoms with Crippen LogP contribution in [0.2, 0.25) is 0 Å². The van der Waals surface area contributed by atoms with Crippen molar-refractivity contribution in [3.8, 4) is 5.82 Å². The predicted octanol–water partition coefficient (Wildman–Crippen LogP) is 2.48. The van der Waals surface area contributed by atoms with Crippen LogP contribution in [0.5, 0.6) is 0 Å². The lowest BCUT2D eigenvalue weighted by Crippen LogP contribution is -2.42. The van der Waals surface area contributed by atoms with Crippen LogP contribution in [-0.2, 0) is 4.74 Å². The summed E-state index contributed by atoms with van der Waals surface area (Å²) < 4.78 is 7.47. The topological polar surface area (TPSA) is 60.2 Å². The van der Waals surface area contributed by atoms with Crippen molar-refractivity contribution in [1.29, 1.82) is 0 Å². The van der Waals surface area contributed by atoms with Crippen molar-refractivity contribution >= 4 is 5.91 Å². The van der Waals surface area contributed by atoms with Crippen LogP contribution >= 0.6 is 0 Å². The Kier molecular flexibility index (Phi) is 4.26. The summed E-state index contributed by atoms with van der Waals surface area (Å²) in [5.41, 5.74) is 1.62. The molecule has 2 aromatic heterocycles. The molecule has 1 amide bonds. The average Bonchev–Trinajstić information content (AvgIpc) is 3.23. The first-order valence-electron chi connectivity index (χ1n) is 8.24. The Morgan fingerprint density at radius 2 is 1.96 bits per heavy atom. The third-order valence-corrected chi connectivity index (χ3v) is 4.26. The van der Waals surface area contributed by atoms with Crippen LogP contribution in [0.4, 0.5) is 0 Å². The molecule has 1 aliphatic rings. The Bertz CT molecular complexity index is 849. The van der Waals surface area contributed by atoms with Crippen molar-refractivity contribution in [2.24, 2.45) is 0 Å². The fraction of sp³-hybridized carbons (Fsp3) is 0.211. The van der Waals surface area contributed by atoms with Gasteiger partial charge < -0.3 is 9.64 Å². The number of aromatic nitrogens is 3. The van der Waals surface area contributed by atoms with Gasteiger partial charge in [-0.3, -0.25) is 4.79 Å². The van der Waals surface area contributed by atoms with Gasteiger partial charge in [-0.1, -0.05) is 30.3 Å². The maximum absolute atomic E-state index is 13.1. The summed E-state index contributed by atoms with van der Waals surface area (Å²) in [5, 5.41) is 4.20. The van der Waals surface area contributed by atoms with E-state index in [-0.39, 0.29) is 12.0 Å². The van der Waals surface area contributed by atoms with Gasteiger partial charge in [-0.25, -0.2) is 9.67 Å². The molecule has 0 N–H and O–H groups in total. The summed E-state index contributed by atoms with van der Waals surface area (Å²) in [6.45, 7) is 1.61. The second-order valence-electron chi connectivity index (χ2n) is 5.85. The first kappa shape index (κ1) is 15.5. The lowest BCUT2D eigenvalue weighted by atomic mass is 10.1. The molecule has 1 saturated heterocycles. The number of amides is 1. The van der Waals surface area contributed by atoms with Crippen LogP contribution in [0.25, 0.3) is 5.82 Å². The normalized spacial score (nSPS) is 17.4. The van der Waals surface area contributed by atoms with E-state index in [4.69, 9.17) is 4.74 Å². The molecule has 0 radical (unpaired) electrons. The molecular formula is C19H18N4O2. The third-order valence-electron chi connectivity index (χ3n) is 4.26. The smallest absolute Gasteiger partial charge is 0.257 e. The SMILES string of the molecule is O=C(c1cccnc1-n1cccn1)N1CCOC(c2ccccc2)C1. The molecule has 0 spiro atoms. The molecule has 1 fully saturated rings. The summed E-state index contributed by atoms with van der Waals surface area (Å²) in [4.78, 5) is 19.2. The summed E-state index contributed by atoms with van der Waals surface area (Å²) in [6.07, 6.45) is 5.01. The van der Waals surface area contributed by atoms with Crippen molar-refractivity contribution in [1.82, 2.24) is 19.7 Å². The van der Waals surface area contributed by atoms with Gasteiger partial charge >= 0.3 is 0 Å². The molecule has 0 saturated carbocycles. The first-order chi connectivity index (χ1) is 12.3. The van der Waals surface area contributed by atoms with Gasteiger partial charge in [0, 0.05) is 25.1 Å². The molecular weight excluding hydrogens is 316 g/mol. The van der Waals surface area contributed by atoms with E-state index in [1.807, 2.05) is 41.3 Å². The molecule has 1 unspecified atom stereocenters. The number of benzene rings is 1. The largest absolute Gasteiger partial charge is 0.370 e.